The molecule has 2 aromatic carbocycles. The molecule has 20 heavy (non-hydrogen) atoms. The zero-order valence-corrected chi connectivity index (χ0v) is 13.7. The second kappa shape index (κ2) is 6.08. The SMILES string of the molecule is Cc1ccccc1[P+](O)(CC(C)C)c1ccccc1C. The van der Waals surface area contributed by atoms with Crippen molar-refractivity contribution in [2.45, 2.75) is 27.7 Å². The summed E-state index contributed by atoms with van der Waals surface area (Å²) in [6.07, 6.45) is 0.836. The molecule has 0 bridgehead atoms. The molecule has 0 saturated carbocycles. The van der Waals surface area contributed by atoms with Crippen LogP contribution in [0.5, 0.6) is 0 Å². The lowest BCUT2D eigenvalue weighted by Gasteiger charge is -2.24. The van der Waals surface area contributed by atoms with E-state index >= 15 is 0 Å². The summed E-state index contributed by atoms with van der Waals surface area (Å²) < 4.78 is 0. The van der Waals surface area contributed by atoms with Gasteiger partial charge in [0.15, 0.2) is 0 Å². The number of aryl methyl sites for hydroxylation is 2. The first kappa shape index (κ1) is 15.2. The molecular formula is C18H24OP+. The molecule has 106 valence electrons. The zero-order valence-electron chi connectivity index (χ0n) is 12.8. The van der Waals surface area contributed by atoms with Crippen molar-refractivity contribution >= 4 is 18.1 Å². The molecule has 0 amide bonds. The van der Waals surface area contributed by atoms with Gasteiger partial charge >= 0.3 is 0 Å². The Bertz CT molecular complexity index is 544. The van der Waals surface area contributed by atoms with Crippen molar-refractivity contribution in [3.05, 3.63) is 59.7 Å². The molecule has 0 aromatic heterocycles. The van der Waals surface area contributed by atoms with Gasteiger partial charge in [-0.15, -0.1) is 0 Å². The molecule has 0 spiro atoms. The van der Waals surface area contributed by atoms with Crippen molar-refractivity contribution in [2.75, 3.05) is 6.16 Å². The average molecular weight is 287 g/mol. The van der Waals surface area contributed by atoms with E-state index in [9.17, 15) is 4.89 Å². The lowest BCUT2D eigenvalue weighted by atomic mass is 10.2. The molecule has 0 aliphatic rings. The minimum Gasteiger partial charge on any atom is -0.241 e. The van der Waals surface area contributed by atoms with Crippen LogP contribution in [-0.4, -0.2) is 11.1 Å². The fourth-order valence-electron chi connectivity index (χ4n) is 2.81. The summed E-state index contributed by atoms with van der Waals surface area (Å²) in [7, 11) is -2.31. The van der Waals surface area contributed by atoms with Gasteiger partial charge in [0.1, 0.15) is 10.6 Å². The lowest BCUT2D eigenvalue weighted by Crippen LogP contribution is -2.29. The van der Waals surface area contributed by atoms with Gasteiger partial charge in [0.25, 0.3) is 0 Å². The number of rotatable bonds is 4. The quantitative estimate of drug-likeness (QED) is 0.847. The topological polar surface area (TPSA) is 20.2 Å². The van der Waals surface area contributed by atoms with Gasteiger partial charge in [-0.3, -0.25) is 0 Å². The molecule has 1 nitrogen and oxygen atoms in total. The van der Waals surface area contributed by atoms with Crippen molar-refractivity contribution in [3.63, 3.8) is 0 Å². The smallest absolute Gasteiger partial charge is 0.207 e. The van der Waals surface area contributed by atoms with Crippen LogP contribution in [0.25, 0.3) is 0 Å². The second-order valence-electron chi connectivity index (χ2n) is 5.92. The van der Waals surface area contributed by atoms with Crippen molar-refractivity contribution in [3.8, 4) is 0 Å². The van der Waals surface area contributed by atoms with Crippen LogP contribution >= 0.6 is 7.49 Å². The van der Waals surface area contributed by atoms with E-state index in [1.165, 1.54) is 11.1 Å². The van der Waals surface area contributed by atoms with Crippen LogP contribution in [0.15, 0.2) is 48.5 Å². The number of benzene rings is 2. The van der Waals surface area contributed by atoms with Crippen LogP contribution in [0.3, 0.4) is 0 Å². The number of hydrogen-bond donors (Lipinski definition) is 1. The third kappa shape index (κ3) is 2.95. The van der Waals surface area contributed by atoms with E-state index in [1.54, 1.807) is 0 Å². The molecule has 0 unspecified atom stereocenters. The van der Waals surface area contributed by atoms with E-state index in [0.29, 0.717) is 5.92 Å². The molecule has 2 aromatic rings. The normalized spacial score (nSPS) is 11.9. The van der Waals surface area contributed by atoms with Gasteiger partial charge in [-0.1, -0.05) is 50.2 Å². The molecule has 0 aliphatic heterocycles. The molecule has 0 heterocycles. The standard InChI is InChI=1S/C18H24OP/c1-14(2)13-20(19,17-11-7-5-9-15(17)3)18-12-8-6-10-16(18)4/h5-12,14,19H,13H2,1-4H3/q+1. The third-order valence-corrected chi connectivity index (χ3v) is 7.51. The second-order valence-corrected chi connectivity index (χ2v) is 8.79. The molecule has 1 N–H and O–H groups in total. The molecule has 0 radical (unpaired) electrons. The summed E-state index contributed by atoms with van der Waals surface area (Å²) in [5.74, 6) is 0.465. The Morgan fingerprint density at radius 2 is 1.25 bits per heavy atom. The van der Waals surface area contributed by atoms with Gasteiger partial charge < -0.3 is 0 Å². The Balaban J connectivity index is 2.63. The summed E-state index contributed by atoms with van der Waals surface area (Å²) in [6.45, 7) is 8.56. The van der Waals surface area contributed by atoms with Gasteiger partial charge in [-0.05, 0) is 43.0 Å². The fraction of sp³-hybridized carbons (Fsp3) is 0.333. The largest absolute Gasteiger partial charge is 0.241 e. The van der Waals surface area contributed by atoms with E-state index in [4.69, 9.17) is 0 Å². The van der Waals surface area contributed by atoms with Crippen LogP contribution in [-0.2, 0) is 0 Å². The maximum atomic E-state index is 11.6. The minimum absolute atomic E-state index is 0.465. The monoisotopic (exact) mass is 287 g/mol. The van der Waals surface area contributed by atoms with E-state index in [-0.39, 0.29) is 0 Å². The maximum absolute atomic E-state index is 11.6. The van der Waals surface area contributed by atoms with Crippen molar-refractivity contribution in [1.82, 2.24) is 0 Å². The molecule has 2 rings (SSSR count). The first-order valence-corrected chi connectivity index (χ1v) is 9.11. The predicted molar refractivity (Wildman–Crippen MR) is 90.5 cm³/mol. The highest BCUT2D eigenvalue weighted by Gasteiger charge is 2.44. The Morgan fingerprint density at radius 1 is 0.850 bits per heavy atom. The van der Waals surface area contributed by atoms with E-state index in [1.807, 2.05) is 24.3 Å². The van der Waals surface area contributed by atoms with Crippen LogP contribution in [0.4, 0.5) is 0 Å². The first-order valence-electron chi connectivity index (χ1n) is 7.18. The molecule has 2 heteroatoms. The van der Waals surface area contributed by atoms with Crippen LogP contribution < -0.4 is 10.6 Å². The van der Waals surface area contributed by atoms with Gasteiger partial charge in [0.05, 0.1) is 6.16 Å². The van der Waals surface area contributed by atoms with Crippen molar-refractivity contribution in [1.29, 1.82) is 0 Å². The van der Waals surface area contributed by atoms with Gasteiger partial charge in [-0.2, -0.15) is 0 Å². The zero-order chi connectivity index (χ0) is 14.8. The average Bonchev–Trinajstić information content (AvgIpc) is 2.38. The minimum atomic E-state index is -2.31. The first-order chi connectivity index (χ1) is 9.45. The molecule has 0 saturated heterocycles. The van der Waals surface area contributed by atoms with Crippen molar-refractivity contribution in [2.24, 2.45) is 5.92 Å². The van der Waals surface area contributed by atoms with Gasteiger partial charge in [-0.25, -0.2) is 4.89 Å². The Hall–Kier alpha value is -1.17. The highest BCUT2D eigenvalue weighted by Crippen LogP contribution is 2.54. The highest BCUT2D eigenvalue weighted by molar-refractivity contribution is 7.84. The Kier molecular flexibility index (Phi) is 4.62. The lowest BCUT2D eigenvalue weighted by molar-refractivity contribution is 0.601. The summed E-state index contributed by atoms with van der Waals surface area (Å²) >= 11 is 0. The maximum Gasteiger partial charge on any atom is 0.207 e. The predicted octanol–water partition coefficient (Wildman–Crippen LogP) is 3.84. The van der Waals surface area contributed by atoms with Crippen molar-refractivity contribution < 1.29 is 4.89 Å². The Labute approximate surface area is 123 Å². The summed E-state index contributed by atoms with van der Waals surface area (Å²) in [5, 5.41) is 2.26. The highest BCUT2D eigenvalue weighted by atomic mass is 31.2. The summed E-state index contributed by atoms with van der Waals surface area (Å²) in [5.41, 5.74) is 2.37. The third-order valence-electron chi connectivity index (χ3n) is 3.66. The van der Waals surface area contributed by atoms with Gasteiger partial charge in [0.2, 0.25) is 7.49 Å². The van der Waals surface area contributed by atoms with E-state index in [2.05, 4.69) is 52.0 Å². The summed E-state index contributed by atoms with van der Waals surface area (Å²) in [4.78, 5) is 11.6. The van der Waals surface area contributed by atoms with Crippen LogP contribution in [0, 0.1) is 19.8 Å². The van der Waals surface area contributed by atoms with Gasteiger partial charge in [0, 0.05) is 0 Å². The fourth-order valence-corrected chi connectivity index (χ4v) is 6.50. The van der Waals surface area contributed by atoms with E-state index in [0.717, 1.165) is 16.8 Å². The van der Waals surface area contributed by atoms with Crippen LogP contribution in [0.2, 0.25) is 0 Å². The number of hydrogen-bond acceptors (Lipinski definition) is 1. The summed E-state index contributed by atoms with van der Waals surface area (Å²) in [6, 6.07) is 16.5. The molecular weight excluding hydrogens is 263 g/mol. The van der Waals surface area contributed by atoms with Crippen LogP contribution in [0.1, 0.15) is 25.0 Å². The Morgan fingerprint density at radius 3 is 1.60 bits per heavy atom. The molecule has 0 aliphatic carbocycles. The molecule has 0 atom stereocenters. The van der Waals surface area contributed by atoms with E-state index < -0.39 is 7.49 Å². The molecule has 0 fully saturated rings.